The molecule has 220 valence electrons. The Morgan fingerprint density at radius 1 is 1.10 bits per heavy atom. The van der Waals surface area contributed by atoms with Gasteiger partial charge in [-0.15, -0.1) is 11.3 Å². The smallest absolute Gasteiger partial charge is 0.341 e. The summed E-state index contributed by atoms with van der Waals surface area (Å²) < 4.78 is 7.72. The lowest BCUT2D eigenvalue weighted by Gasteiger charge is -2.35. The van der Waals surface area contributed by atoms with Crippen LogP contribution in [-0.4, -0.2) is 39.2 Å². The standard InChI is InChI=1S/C34H39N3O3S2/c1-5-40-33(39)30-26-16-10-12-18-28(26)41-32(30)36-22(3)19-24(23(36)4)20-29-31(38)37(27-17-11-9-13-21(27)2)34(42-29)35-25-14-7-6-8-15-25/h6-8,14-15,19-21,27H,5,9-13,16-18H2,1-4H3/b29-20-,35-34?/t21-,27-/m1/s1. The van der Waals surface area contributed by atoms with E-state index in [0.717, 1.165) is 88.9 Å². The summed E-state index contributed by atoms with van der Waals surface area (Å²) in [5, 5.41) is 1.70. The molecule has 42 heavy (non-hydrogen) atoms. The number of fused-ring (bicyclic) bond motifs is 1. The molecule has 1 aromatic carbocycles. The van der Waals surface area contributed by atoms with Crippen LogP contribution in [0.3, 0.4) is 0 Å². The van der Waals surface area contributed by atoms with E-state index in [1.54, 1.807) is 11.3 Å². The molecule has 0 N–H and O–H groups in total. The molecule has 6 nitrogen and oxygen atoms in total. The lowest BCUT2D eigenvalue weighted by Crippen LogP contribution is -2.44. The first kappa shape index (κ1) is 29.0. The number of aryl methyl sites for hydroxylation is 2. The van der Waals surface area contributed by atoms with Gasteiger partial charge in [-0.1, -0.05) is 38.0 Å². The predicted molar refractivity (Wildman–Crippen MR) is 173 cm³/mol. The van der Waals surface area contributed by atoms with E-state index in [1.165, 1.54) is 23.1 Å². The van der Waals surface area contributed by atoms with Crippen LogP contribution in [0.25, 0.3) is 11.1 Å². The van der Waals surface area contributed by atoms with Crippen molar-refractivity contribution in [2.45, 2.75) is 85.1 Å². The molecule has 1 amide bonds. The molecule has 8 heteroatoms. The zero-order valence-electron chi connectivity index (χ0n) is 24.9. The maximum Gasteiger partial charge on any atom is 0.341 e. The molecule has 0 bridgehead atoms. The number of amidine groups is 1. The third kappa shape index (κ3) is 5.39. The average molecular weight is 602 g/mol. The Balaban J connectivity index is 1.40. The van der Waals surface area contributed by atoms with Crippen LogP contribution in [0.5, 0.6) is 0 Å². The molecule has 2 aromatic heterocycles. The van der Waals surface area contributed by atoms with Crippen LogP contribution in [0.15, 0.2) is 46.3 Å². The van der Waals surface area contributed by atoms with Gasteiger partial charge in [0, 0.05) is 22.3 Å². The van der Waals surface area contributed by atoms with Crippen molar-refractivity contribution >= 4 is 51.9 Å². The van der Waals surface area contributed by atoms with Gasteiger partial charge in [-0.25, -0.2) is 9.79 Å². The summed E-state index contributed by atoms with van der Waals surface area (Å²) in [6, 6.07) is 12.2. The molecule has 2 fully saturated rings. The number of rotatable bonds is 6. The largest absolute Gasteiger partial charge is 0.462 e. The second-order valence-corrected chi connectivity index (χ2v) is 13.7. The van der Waals surface area contributed by atoms with Gasteiger partial charge < -0.3 is 9.30 Å². The van der Waals surface area contributed by atoms with E-state index in [4.69, 9.17) is 9.73 Å². The third-order valence-electron chi connectivity index (χ3n) is 8.81. The third-order valence-corrected chi connectivity index (χ3v) is 11.1. The van der Waals surface area contributed by atoms with Gasteiger partial charge in [-0.3, -0.25) is 9.69 Å². The van der Waals surface area contributed by atoms with Gasteiger partial charge in [0.1, 0.15) is 5.00 Å². The second kappa shape index (κ2) is 12.3. The molecular weight excluding hydrogens is 563 g/mol. The number of aliphatic imine (C=N–C) groups is 1. The lowest BCUT2D eigenvalue weighted by atomic mass is 9.85. The van der Waals surface area contributed by atoms with Crippen LogP contribution < -0.4 is 0 Å². The number of esters is 1. The summed E-state index contributed by atoms with van der Waals surface area (Å²) in [6.07, 6.45) is 10.7. The van der Waals surface area contributed by atoms with Gasteiger partial charge in [-0.05, 0) is 112 Å². The first-order chi connectivity index (χ1) is 20.4. The highest BCUT2D eigenvalue weighted by Gasteiger charge is 2.41. The zero-order chi connectivity index (χ0) is 29.4. The first-order valence-electron chi connectivity index (χ1n) is 15.2. The SMILES string of the molecule is CCOC(=O)c1c(-n2c(C)cc(/C=C3\SC(=Nc4ccccc4)N([C@@H]4CCCC[C@H]4C)C3=O)c2C)sc2c1CCCC2. The van der Waals surface area contributed by atoms with E-state index in [-0.39, 0.29) is 17.9 Å². The quantitative estimate of drug-likeness (QED) is 0.210. The number of amides is 1. The topological polar surface area (TPSA) is 63.9 Å². The molecule has 1 saturated carbocycles. The fraction of sp³-hybridized carbons (Fsp3) is 0.441. The van der Waals surface area contributed by atoms with Gasteiger partial charge in [0.2, 0.25) is 0 Å². The van der Waals surface area contributed by atoms with E-state index in [2.05, 4.69) is 31.4 Å². The molecule has 0 unspecified atom stereocenters. The summed E-state index contributed by atoms with van der Waals surface area (Å²) in [6.45, 7) is 8.63. The summed E-state index contributed by atoms with van der Waals surface area (Å²) in [7, 11) is 0. The monoisotopic (exact) mass is 601 g/mol. The molecule has 0 radical (unpaired) electrons. The van der Waals surface area contributed by atoms with Gasteiger partial charge in [0.05, 0.1) is 22.8 Å². The molecule has 3 aliphatic rings. The molecule has 1 aliphatic heterocycles. The Bertz CT molecular complexity index is 1570. The fourth-order valence-electron chi connectivity index (χ4n) is 6.66. The van der Waals surface area contributed by atoms with E-state index in [1.807, 2.05) is 48.2 Å². The van der Waals surface area contributed by atoms with Crippen molar-refractivity contribution in [2.75, 3.05) is 6.61 Å². The van der Waals surface area contributed by atoms with Crippen molar-refractivity contribution in [3.63, 3.8) is 0 Å². The number of thiophene rings is 1. The number of carbonyl (C=O) groups is 2. The van der Waals surface area contributed by atoms with Crippen LogP contribution >= 0.6 is 23.1 Å². The van der Waals surface area contributed by atoms with Gasteiger partial charge in [-0.2, -0.15) is 0 Å². The number of hydrogen-bond donors (Lipinski definition) is 0. The van der Waals surface area contributed by atoms with Crippen molar-refractivity contribution in [3.8, 4) is 5.00 Å². The zero-order valence-corrected chi connectivity index (χ0v) is 26.6. The predicted octanol–water partition coefficient (Wildman–Crippen LogP) is 8.39. The van der Waals surface area contributed by atoms with Gasteiger partial charge in [0.25, 0.3) is 5.91 Å². The summed E-state index contributed by atoms with van der Waals surface area (Å²) in [4.78, 5) is 36.2. The molecule has 6 rings (SSSR count). The minimum atomic E-state index is -0.236. The molecule has 0 spiro atoms. The van der Waals surface area contributed by atoms with Gasteiger partial charge >= 0.3 is 5.97 Å². The minimum absolute atomic E-state index is 0.0389. The summed E-state index contributed by atoms with van der Waals surface area (Å²) in [5.74, 6) is 0.233. The van der Waals surface area contributed by atoms with E-state index in [9.17, 15) is 9.59 Å². The van der Waals surface area contributed by atoms with E-state index < -0.39 is 0 Å². The first-order valence-corrected chi connectivity index (χ1v) is 16.9. The Kier molecular flexibility index (Phi) is 8.46. The second-order valence-electron chi connectivity index (χ2n) is 11.6. The minimum Gasteiger partial charge on any atom is -0.462 e. The van der Waals surface area contributed by atoms with Crippen LogP contribution in [0, 0.1) is 19.8 Å². The van der Waals surface area contributed by atoms with Crippen molar-refractivity contribution in [1.29, 1.82) is 0 Å². The number of para-hydroxylation sites is 1. The fourth-order valence-corrected chi connectivity index (χ4v) is 9.18. The molecule has 3 aromatic rings. The van der Waals surface area contributed by atoms with E-state index in [0.29, 0.717) is 17.4 Å². The number of ether oxygens (including phenoxy) is 1. The van der Waals surface area contributed by atoms with E-state index >= 15 is 0 Å². The molecule has 2 aliphatic carbocycles. The van der Waals surface area contributed by atoms with Crippen molar-refractivity contribution in [3.05, 3.63) is 74.3 Å². The van der Waals surface area contributed by atoms with Gasteiger partial charge in [0.15, 0.2) is 5.17 Å². The number of hydrogen-bond acceptors (Lipinski definition) is 6. The number of benzene rings is 1. The Morgan fingerprint density at radius 2 is 1.86 bits per heavy atom. The molecule has 3 heterocycles. The van der Waals surface area contributed by atoms with Crippen LogP contribution in [0.2, 0.25) is 0 Å². The number of carbonyl (C=O) groups excluding carboxylic acids is 2. The average Bonchev–Trinajstić information content (AvgIpc) is 3.60. The van der Waals surface area contributed by atoms with Crippen molar-refractivity contribution in [2.24, 2.45) is 10.9 Å². The summed E-state index contributed by atoms with van der Waals surface area (Å²) in [5.41, 5.74) is 5.78. The highest BCUT2D eigenvalue weighted by molar-refractivity contribution is 8.18. The van der Waals surface area contributed by atoms with Crippen LogP contribution in [0.1, 0.15) is 90.1 Å². The maximum atomic E-state index is 14.1. The molecular formula is C34H39N3O3S2. The van der Waals surface area contributed by atoms with Crippen molar-refractivity contribution < 1.29 is 14.3 Å². The Labute approximate surface area is 256 Å². The van der Waals surface area contributed by atoms with Crippen LogP contribution in [0.4, 0.5) is 5.69 Å². The molecule has 1 saturated heterocycles. The summed E-state index contributed by atoms with van der Waals surface area (Å²) >= 11 is 3.19. The lowest BCUT2D eigenvalue weighted by molar-refractivity contribution is -0.124. The Morgan fingerprint density at radius 3 is 2.62 bits per heavy atom. The van der Waals surface area contributed by atoms with Crippen LogP contribution in [-0.2, 0) is 22.4 Å². The van der Waals surface area contributed by atoms with Crippen molar-refractivity contribution in [1.82, 2.24) is 9.47 Å². The number of aromatic nitrogens is 1. The number of thioether (sulfide) groups is 1. The number of nitrogens with zero attached hydrogens (tertiary/aromatic N) is 3. The molecule has 2 atom stereocenters. The highest BCUT2D eigenvalue weighted by Crippen LogP contribution is 2.42. The highest BCUT2D eigenvalue weighted by atomic mass is 32.2. The maximum absolute atomic E-state index is 14.1. The normalized spacial score (nSPS) is 22.7. The Hall–Kier alpha value is -3.10.